The lowest BCUT2D eigenvalue weighted by molar-refractivity contribution is 0.0697. The molecule has 0 amide bonds. The lowest BCUT2D eigenvalue weighted by atomic mass is 10.1. The van der Waals surface area contributed by atoms with Crippen LogP contribution in [0.2, 0.25) is 0 Å². The summed E-state index contributed by atoms with van der Waals surface area (Å²) in [5.74, 6) is -0.989. The normalized spacial score (nSPS) is 13.9. The molecule has 0 aromatic heterocycles. The number of nitrogens with zero attached hydrogens (tertiary/aromatic N) is 1. The highest BCUT2D eigenvalue weighted by atomic mass is 32.2. The van der Waals surface area contributed by atoms with Crippen molar-refractivity contribution in [2.75, 3.05) is 0 Å². The molecule has 92 valence electrons. The summed E-state index contributed by atoms with van der Waals surface area (Å²) in [6.07, 6.45) is 1.44. The van der Waals surface area contributed by atoms with Crippen LogP contribution in [0, 0.1) is 0 Å². The first-order valence-corrected chi connectivity index (χ1v) is 6.21. The summed E-state index contributed by atoms with van der Waals surface area (Å²) >= 11 is -1.33. The molecule has 0 bridgehead atoms. The fraction of sp³-hybridized carbons (Fsp3) is 0.333. The maximum atomic E-state index is 11.7. The maximum Gasteiger partial charge on any atom is 0.335 e. The molecule has 0 saturated carbocycles. The summed E-state index contributed by atoms with van der Waals surface area (Å²) in [4.78, 5) is 10.7. The predicted octanol–water partition coefficient (Wildman–Crippen LogP) is 2.27. The van der Waals surface area contributed by atoms with Crippen LogP contribution >= 0.6 is 0 Å². The number of benzene rings is 1. The monoisotopic (exact) mass is 253 g/mol. The van der Waals surface area contributed by atoms with Gasteiger partial charge in [0.25, 0.3) is 0 Å². The first-order chi connectivity index (χ1) is 7.80. The number of aromatic carboxylic acids is 1. The molecule has 1 rings (SSSR count). The first-order valence-electron chi connectivity index (χ1n) is 5.10. The average molecular weight is 253 g/mol. The second kappa shape index (κ2) is 5.33. The van der Waals surface area contributed by atoms with Crippen molar-refractivity contribution in [1.29, 1.82) is 0 Å². The van der Waals surface area contributed by atoms with Crippen molar-refractivity contribution < 1.29 is 14.5 Å². The molecule has 0 aliphatic rings. The highest BCUT2D eigenvalue weighted by Crippen LogP contribution is 2.16. The zero-order valence-corrected chi connectivity index (χ0v) is 10.8. The van der Waals surface area contributed by atoms with E-state index in [1.54, 1.807) is 12.1 Å². The Kier molecular flexibility index (Phi) is 4.31. The van der Waals surface area contributed by atoms with Gasteiger partial charge in [-0.15, -0.1) is 0 Å². The molecule has 0 radical (unpaired) electrons. The summed E-state index contributed by atoms with van der Waals surface area (Å²) in [7, 11) is 0. The molecule has 0 aliphatic carbocycles. The quantitative estimate of drug-likeness (QED) is 0.663. The van der Waals surface area contributed by atoms with E-state index in [2.05, 4.69) is 4.40 Å². The van der Waals surface area contributed by atoms with Gasteiger partial charge in [-0.25, -0.2) is 4.79 Å². The minimum atomic E-state index is -1.33. The van der Waals surface area contributed by atoms with E-state index in [1.807, 2.05) is 20.8 Å². The molecule has 4 nitrogen and oxygen atoms in total. The van der Waals surface area contributed by atoms with Gasteiger partial charge < -0.3 is 9.66 Å². The van der Waals surface area contributed by atoms with Gasteiger partial charge in [-0.2, -0.15) is 0 Å². The Hall–Kier alpha value is -1.33. The Balaban J connectivity index is 2.85. The van der Waals surface area contributed by atoms with E-state index < -0.39 is 22.1 Å². The Bertz CT molecular complexity index is 438. The average Bonchev–Trinajstić information content (AvgIpc) is 2.25. The molecule has 1 aromatic rings. The third-order valence-corrected chi connectivity index (χ3v) is 3.30. The second-order valence-corrected chi connectivity index (χ2v) is 6.46. The van der Waals surface area contributed by atoms with Crippen molar-refractivity contribution in [1.82, 2.24) is 0 Å². The van der Waals surface area contributed by atoms with Crippen LogP contribution in [0.15, 0.2) is 28.7 Å². The Labute approximate surface area is 104 Å². The van der Waals surface area contributed by atoms with E-state index >= 15 is 0 Å². The molecule has 0 fully saturated rings. The number of carboxylic acids is 1. The van der Waals surface area contributed by atoms with Crippen LogP contribution in [-0.4, -0.2) is 26.6 Å². The van der Waals surface area contributed by atoms with Crippen LogP contribution in [0.3, 0.4) is 0 Å². The predicted molar refractivity (Wildman–Crippen MR) is 68.9 cm³/mol. The van der Waals surface area contributed by atoms with Gasteiger partial charge in [0.15, 0.2) is 0 Å². The van der Waals surface area contributed by atoms with Crippen LogP contribution in [0.5, 0.6) is 0 Å². The molecule has 1 unspecified atom stereocenters. The third-order valence-electron chi connectivity index (χ3n) is 1.95. The van der Waals surface area contributed by atoms with Gasteiger partial charge in [-0.3, -0.25) is 0 Å². The van der Waals surface area contributed by atoms with Crippen LogP contribution in [0.1, 0.15) is 36.7 Å². The smallest absolute Gasteiger partial charge is 0.335 e. The van der Waals surface area contributed by atoms with Gasteiger partial charge >= 0.3 is 5.97 Å². The van der Waals surface area contributed by atoms with E-state index in [0.29, 0.717) is 5.56 Å². The van der Waals surface area contributed by atoms with Gasteiger partial charge in [0.1, 0.15) is 16.1 Å². The summed E-state index contributed by atoms with van der Waals surface area (Å²) in [5.41, 5.74) is 0.818. The van der Waals surface area contributed by atoms with E-state index in [4.69, 9.17) is 5.11 Å². The molecular formula is C12H15NO3S. The van der Waals surface area contributed by atoms with Gasteiger partial charge in [-0.1, -0.05) is 16.5 Å². The summed E-state index contributed by atoms with van der Waals surface area (Å²) in [6, 6.07) is 6.34. The molecule has 0 saturated heterocycles. The lowest BCUT2D eigenvalue weighted by Crippen LogP contribution is -2.25. The fourth-order valence-electron chi connectivity index (χ4n) is 1.02. The first kappa shape index (κ1) is 13.7. The van der Waals surface area contributed by atoms with E-state index in [0.717, 1.165) is 0 Å². The Morgan fingerprint density at radius 2 is 2.12 bits per heavy atom. The zero-order chi connectivity index (χ0) is 13.1. The molecule has 0 heterocycles. The highest BCUT2D eigenvalue weighted by Gasteiger charge is 2.25. The van der Waals surface area contributed by atoms with Crippen molar-refractivity contribution in [2.24, 2.45) is 4.40 Å². The van der Waals surface area contributed by atoms with Crippen LogP contribution in [0.4, 0.5) is 0 Å². The summed E-state index contributed by atoms with van der Waals surface area (Å²) in [6.45, 7) is 5.48. The van der Waals surface area contributed by atoms with Crippen molar-refractivity contribution in [2.45, 2.75) is 25.5 Å². The Morgan fingerprint density at radius 1 is 1.47 bits per heavy atom. The molecule has 1 N–H and O–H groups in total. The van der Waals surface area contributed by atoms with Crippen molar-refractivity contribution in [3.63, 3.8) is 0 Å². The maximum absolute atomic E-state index is 11.7. The lowest BCUT2D eigenvalue weighted by Gasteiger charge is -2.17. The van der Waals surface area contributed by atoms with Crippen LogP contribution < -0.4 is 0 Å². The largest absolute Gasteiger partial charge is 0.591 e. The van der Waals surface area contributed by atoms with Gasteiger partial charge in [0, 0.05) is 0 Å². The van der Waals surface area contributed by atoms with Gasteiger partial charge in [0.05, 0.1) is 11.8 Å². The van der Waals surface area contributed by atoms with Gasteiger partial charge in [-0.05, 0) is 38.5 Å². The minimum Gasteiger partial charge on any atom is -0.591 e. The third kappa shape index (κ3) is 4.20. The number of rotatable bonds is 3. The topological polar surface area (TPSA) is 72.7 Å². The number of carboxylic acid groups (broad SMARTS) is 1. The minimum absolute atomic E-state index is 0.190. The molecule has 0 spiro atoms. The van der Waals surface area contributed by atoms with E-state index in [9.17, 15) is 9.35 Å². The molecular weight excluding hydrogens is 238 g/mol. The summed E-state index contributed by atoms with van der Waals surface area (Å²) < 4.78 is 15.2. The van der Waals surface area contributed by atoms with Gasteiger partial charge in [0.2, 0.25) is 0 Å². The standard InChI is InChI=1S/C12H15NO3S/c1-12(2,3)17(16)13-8-9-5-4-6-10(7-9)11(14)15/h4-8H,1-3H3,(H,14,15)/b13-8+. The SMILES string of the molecule is CC(C)(C)[S+]([O-])/N=C/c1cccc(C(=O)O)c1. The van der Waals surface area contributed by atoms with Crippen molar-refractivity contribution in [3.05, 3.63) is 35.4 Å². The number of hydrogen-bond acceptors (Lipinski definition) is 3. The molecule has 0 aliphatic heterocycles. The van der Waals surface area contributed by atoms with E-state index in [1.165, 1.54) is 18.3 Å². The highest BCUT2D eigenvalue weighted by molar-refractivity contribution is 7.91. The number of carbonyl (C=O) groups is 1. The molecule has 1 aromatic carbocycles. The van der Waals surface area contributed by atoms with Crippen LogP contribution in [-0.2, 0) is 11.4 Å². The number of hydrogen-bond donors (Lipinski definition) is 1. The molecule has 17 heavy (non-hydrogen) atoms. The Morgan fingerprint density at radius 3 is 2.65 bits per heavy atom. The second-order valence-electron chi connectivity index (χ2n) is 4.53. The van der Waals surface area contributed by atoms with Crippen LogP contribution in [0.25, 0.3) is 0 Å². The van der Waals surface area contributed by atoms with Crippen molar-refractivity contribution >= 4 is 23.5 Å². The molecule has 1 atom stereocenters. The zero-order valence-electron chi connectivity index (χ0n) is 10.0. The molecule has 5 heteroatoms. The fourth-order valence-corrected chi connectivity index (χ4v) is 1.55. The van der Waals surface area contributed by atoms with E-state index in [-0.39, 0.29) is 5.56 Å². The summed E-state index contributed by atoms with van der Waals surface area (Å²) in [5, 5.41) is 8.81. The van der Waals surface area contributed by atoms with Crippen molar-refractivity contribution in [3.8, 4) is 0 Å².